The summed E-state index contributed by atoms with van der Waals surface area (Å²) in [5, 5.41) is 10.5. The summed E-state index contributed by atoms with van der Waals surface area (Å²) in [5.74, 6) is 1.72. The molecule has 1 aromatic carbocycles. The van der Waals surface area contributed by atoms with E-state index >= 15 is 0 Å². The van der Waals surface area contributed by atoms with E-state index in [0.717, 1.165) is 11.3 Å². The van der Waals surface area contributed by atoms with Gasteiger partial charge in [-0.2, -0.15) is 0 Å². The van der Waals surface area contributed by atoms with Gasteiger partial charge < -0.3 is 15.3 Å². The van der Waals surface area contributed by atoms with Crippen molar-refractivity contribution in [2.24, 2.45) is 5.73 Å². The average Bonchev–Trinajstić information content (AvgIpc) is 2.86. The number of rotatable bonds is 5. The molecule has 108 valence electrons. The Morgan fingerprint density at radius 3 is 2.10 bits per heavy atom. The standard InChI is InChI=1S/C17H23NO2/c1-11(2)13-5-7-14(8-6-13)15(10-18)17(19)16-9-4-12(3)20-16/h4-9,11,15,17,19H,10,18H2,1-3H3. The molecular formula is C17H23NO2. The highest BCUT2D eigenvalue weighted by Crippen LogP contribution is 2.31. The summed E-state index contributed by atoms with van der Waals surface area (Å²) in [6.45, 7) is 6.57. The van der Waals surface area contributed by atoms with Crippen molar-refractivity contribution in [2.75, 3.05) is 6.54 Å². The summed E-state index contributed by atoms with van der Waals surface area (Å²) in [6.07, 6.45) is -0.710. The number of aliphatic hydroxyl groups is 1. The summed E-state index contributed by atoms with van der Waals surface area (Å²) in [4.78, 5) is 0. The molecule has 2 rings (SSSR count). The molecule has 3 heteroatoms. The van der Waals surface area contributed by atoms with Crippen LogP contribution in [0.25, 0.3) is 0 Å². The van der Waals surface area contributed by atoms with Crippen LogP contribution in [-0.2, 0) is 0 Å². The molecule has 1 aromatic heterocycles. The third kappa shape index (κ3) is 3.11. The maximum atomic E-state index is 10.5. The van der Waals surface area contributed by atoms with Gasteiger partial charge in [-0.1, -0.05) is 38.1 Å². The highest BCUT2D eigenvalue weighted by Gasteiger charge is 2.24. The van der Waals surface area contributed by atoms with Gasteiger partial charge in [0.1, 0.15) is 17.6 Å². The van der Waals surface area contributed by atoms with Gasteiger partial charge in [0.15, 0.2) is 0 Å². The van der Waals surface area contributed by atoms with Gasteiger partial charge in [0.25, 0.3) is 0 Å². The minimum absolute atomic E-state index is 0.151. The number of aryl methyl sites for hydroxylation is 1. The van der Waals surface area contributed by atoms with Gasteiger partial charge >= 0.3 is 0 Å². The van der Waals surface area contributed by atoms with Crippen molar-refractivity contribution in [3.05, 3.63) is 59.0 Å². The van der Waals surface area contributed by atoms with Crippen molar-refractivity contribution < 1.29 is 9.52 Å². The first kappa shape index (κ1) is 14.8. The Morgan fingerprint density at radius 2 is 1.65 bits per heavy atom. The van der Waals surface area contributed by atoms with E-state index in [4.69, 9.17) is 10.2 Å². The zero-order valence-corrected chi connectivity index (χ0v) is 12.3. The first-order chi connectivity index (χ1) is 9.52. The van der Waals surface area contributed by atoms with E-state index in [1.165, 1.54) is 5.56 Å². The van der Waals surface area contributed by atoms with Gasteiger partial charge in [0.05, 0.1) is 0 Å². The number of benzene rings is 1. The lowest BCUT2D eigenvalue weighted by Crippen LogP contribution is -2.19. The van der Waals surface area contributed by atoms with E-state index in [1.54, 1.807) is 0 Å². The van der Waals surface area contributed by atoms with Crippen LogP contribution in [0.1, 0.15) is 54.4 Å². The fourth-order valence-corrected chi connectivity index (χ4v) is 2.39. The fraction of sp³-hybridized carbons (Fsp3) is 0.412. The van der Waals surface area contributed by atoms with Crippen molar-refractivity contribution in [3.8, 4) is 0 Å². The lowest BCUT2D eigenvalue weighted by molar-refractivity contribution is 0.121. The van der Waals surface area contributed by atoms with Gasteiger partial charge in [0.2, 0.25) is 0 Å². The molecule has 0 radical (unpaired) electrons. The molecule has 0 amide bonds. The molecule has 0 aliphatic rings. The SMILES string of the molecule is Cc1ccc(C(O)C(CN)c2ccc(C(C)C)cc2)o1. The molecule has 0 spiro atoms. The Kier molecular flexibility index (Phi) is 4.63. The predicted octanol–water partition coefficient (Wildman–Crippen LogP) is 3.49. The van der Waals surface area contributed by atoms with Crippen LogP contribution in [0.4, 0.5) is 0 Å². The number of nitrogens with two attached hydrogens (primary N) is 1. The predicted molar refractivity (Wildman–Crippen MR) is 80.7 cm³/mol. The molecule has 0 saturated heterocycles. The normalized spacial score (nSPS) is 14.5. The number of hydrogen-bond donors (Lipinski definition) is 2. The summed E-state index contributed by atoms with van der Waals surface area (Å²) in [7, 11) is 0. The zero-order valence-electron chi connectivity index (χ0n) is 12.3. The summed E-state index contributed by atoms with van der Waals surface area (Å²) in [5.41, 5.74) is 8.17. The van der Waals surface area contributed by atoms with Gasteiger partial charge in [-0.05, 0) is 36.1 Å². The van der Waals surface area contributed by atoms with Crippen molar-refractivity contribution >= 4 is 0 Å². The third-order valence-corrected chi connectivity index (χ3v) is 3.72. The van der Waals surface area contributed by atoms with Crippen LogP contribution in [0.15, 0.2) is 40.8 Å². The highest BCUT2D eigenvalue weighted by atomic mass is 16.4. The molecule has 0 aliphatic heterocycles. The largest absolute Gasteiger partial charge is 0.464 e. The quantitative estimate of drug-likeness (QED) is 0.876. The second-order valence-corrected chi connectivity index (χ2v) is 5.56. The first-order valence-corrected chi connectivity index (χ1v) is 7.07. The summed E-state index contributed by atoms with van der Waals surface area (Å²) >= 11 is 0. The molecule has 3 nitrogen and oxygen atoms in total. The first-order valence-electron chi connectivity index (χ1n) is 7.07. The van der Waals surface area contributed by atoms with E-state index in [2.05, 4.69) is 26.0 Å². The zero-order chi connectivity index (χ0) is 14.7. The van der Waals surface area contributed by atoms with Crippen LogP contribution in [0, 0.1) is 6.92 Å². The van der Waals surface area contributed by atoms with Crippen LogP contribution < -0.4 is 5.73 Å². The molecule has 0 saturated carbocycles. The molecule has 3 N–H and O–H groups in total. The monoisotopic (exact) mass is 273 g/mol. The number of hydrogen-bond acceptors (Lipinski definition) is 3. The molecule has 2 unspecified atom stereocenters. The molecule has 1 heterocycles. The Labute approximate surface area is 120 Å². The smallest absolute Gasteiger partial charge is 0.133 e. The van der Waals surface area contributed by atoms with Gasteiger partial charge in [-0.15, -0.1) is 0 Å². The summed E-state index contributed by atoms with van der Waals surface area (Å²) < 4.78 is 5.51. The summed E-state index contributed by atoms with van der Waals surface area (Å²) in [6, 6.07) is 12.0. The topological polar surface area (TPSA) is 59.4 Å². The molecule has 0 fully saturated rings. The average molecular weight is 273 g/mol. The van der Waals surface area contributed by atoms with Crippen LogP contribution in [0.3, 0.4) is 0 Å². The van der Waals surface area contributed by atoms with E-state index in [9.17, 15) is 5.11 Å². The minimum Gasteiger partial charge on any atom is -0.464 e. The van der Waals surface area contributed by atoms with Crippen LogP contribution in [-0.4, -0.2) is 11.7 Å². The second kappa shape index (κ2) is 6.25. The molecule has 2 aromatic rings. The Hall–Kier alpha value is -1.58. The molecule has 0 bridgehead atoms. The van der Waals surface area contributed by atoms with E-state index in [1.807, 2.05) is 31.2 Å². The second-order valence-electron chi connectivity index (χ2n) is 5.56. The van der Waals surface area contributed by atoms with Gasteiger partial charge in [-0.25, -0.2) is 0 Å². The molecule has 0 aliphatic carbocycles. The Morgan fingerprint density at radius 1 is 1.05 bits per heavy atom. The maximum absolute atomic E-state index is 10.5. The van der Waals surface area contributed by atoms with Crippen LogP contribution in [0.5, 0.6) is 0 Å². The maximum Gasteiger partial charge on any atom is 0.133 e. The Balaban J connectivity index is 2.23. The van der Waals surface area contributed by atoms with Crippen molar-refractivity contribution in [3.63, 3.8) is 0 Å². The van der Waals surface area contributed by atoms with Crippen LogP contribution >= 0.6 is 0 Å². The minimum atomic E-state index is -0.710. The lowest BCUT2D eigenvalue weighted by atomic mass is 9.90. The molecule has 2 atom stereocenters. The lowest BCUT2D eigenvalue weighted by Gasteiger charge is -2.21. The van der Waals surface area contributed by atoms with Gasteiger partial charge in [-0.3, -0.25) is 0 Å². The van der Waals surface area contributed by atoms with Crippen molar-refractivity contribution in [2.45, 2.75) is 38.7 Å². The molecule has 20 heavy (non-hydrogen) atoms. The van der Waals surface area contributed by atoms with E-state index < -0.39 is 6.10 Å². The molecular weight excluding hydrogens is 250 g/mol. The number of furan rings is 1. The van der Waals surface area contributed by atoms with Crippen molar-refractivity contribution in [1.29, 1.82) is 0 Å². The van der Waals surface area contributed by atoms with Crippen molar-refractivity contribution in [1.82, 2.24) is 0 Å². The fourth-order valence-electron chi connectivity index (χ4n) is 2.39. The highest BCUT2D eigenvalue weighted by molar-refractivity contribution is 5.29. The number of aliphatic hydroxyl groups excluding tert-OH is 1. The van der Waals surface area contributed by atoms with E-state index in [0.29, 0.717) is 18.2 Å². The van der Waals surface area contributed by atoms with Crippen LogP contribution in [0.2, 0.25) is 0 Å². The Bertz CT molecular complexity index is 542. The third-order valence-electron chi connectivity index (χ3n) is 3.72. The van der Waals surface area contributed by atoms with E-state index in [-0.39, 0.29) is 5.92 Å². The van der Waals surface area contributed by atoms with Gasteiger partial charge in [0, 0.05) is 12.5 Å².